The molecule has 1 saturated heterocycles. The van der Waals surface area contributed by atoms with E-state index in [-0.39, 0.29) is 35.6 Å². The molecule has 1 aliphatic heterocycles. The highest BCUT2D eigenvalue weighted by Gasteiger charge is 2.45. The summed E-state index contributed by atoms with van der Waals surface area (Å²) in [6.07, 6.45) is 1.41. The molecule has 5 atom stereocenters. The summed E-state index contributed by atoms with van der Waals surface area (Å²) in [5, 5.41) is 55.0. The zero-order chi connectivity index (χ0) is 39.7. The maximum absolute atomic E-state index is 13.0. The van der Waals surface area contributed by atoms with E-state index in [4.69, 9.17) is 20.1 Å². The van der Waals surface area contributed by atoms with Crippen LogP contribution in [-0.2, 0) is 16.6 Å². The SMILES string of the molecule is NS(=O)(=O)c1cccc(NC(=O)NC2CCN(c3nc(NCC(c4ccccc4)c4ccccc4)c4ncn([C@@H]5C[C@H](n6ncc(CO)n6)[C@@H](O)[C@H]5O)c4n3)C2)c1. The number of imidazole rings is 1. The molecular weight excluding hydrogens is 753 g/mol. The molecule has 3 aromatic carbocycles. The van der Waals surface area contributed by atoms with Crippen LogP contribution in [0.4, 0.5) is 22.2 Å². The van der Waals surface area contributed by atoms with E-state index >= 15 is 0 Å². The Labute approximate surface area is 327 Å². The van der Waals surface area contributed by atoms with Crippen molar-refractivity contribution < 1.29 is 28.5 Å². The summed E-state index contributed by atoms with van der Waals surface area (Å²) in [5.41, 5.74) is 3.75. The second-order valence-corrected chi connectivity index (χ2v) is 15.8. The summed E-state index contributed by atoms with van der Waals surface area (Å²) < 4.78 is 25.4. The fraction of sp³-hybridized carbons (Fsp3) is 0.316. The lowest BCUT2D eigenvalue weighted by molar-refractivity contribution is 0.00491. The number of aliphatic hydroxyl groups is 3. The molecule has 1 saturated carbocycles. The molecule has 0 bridgehead atoms. The van der Waals surface area contributed by atoms with Crippen molar-refractivity contribution in [3.05, 3.63) is 114 Å². The van der Waals surface area contributed by atoms with E-state index in [0.717, 1.165) is 11.1 Å². The Morgan fingerprint density at radius 3 is 2.35 bits per heavy atom. The molecule has 57 heavy (non-hydrogen) atoms. The van der Waals surface area contributed by atoms with Gasteiger partial charge in [-0.05, 0) is 42.2 Å². The smallest absolute Gasteiger partial charge is 0.319 e. The van der Waals surface area contributed by atoms with Crippen molar-refractivity contribution in [2.24, 2.45) is 5.14 Å². The normalized spacial score (nSPS) is 21.0. The molecule has 0 spiro atoms. The molecule has 4 heterocycles. The van der Waals surface area contributed by atoms with Crippen LogP contribution in [0.5, 0.6) is 0 Å². The lowest BCUT2D eigenvalue weighted by atomic mass is 9.91. The first-order chi connectivity index (χ1) is 27.6. The number of nitrogens with two attached hydrogens (primary N) is 1. The lowest BCUT2D eigenvalue weighted by Gasteiger charge is -2.22. The van der Waals surface area contributed by atoms with E-state index in [1.165, 1.54) is 29.2 Å². The molecule has 6 aromatic rings. The van der Waals surface area contributed by atoms with E-state index in [1.807, 2.05) is 41.3 Å². The van der Waals surface area contributed by atoms with Crippen LogP contribution < -0.4 is 26.0 Å². The zero-order valence-electron chi connectivity index (χ0n) is 30.6. The summed E-state index contributed by atoms with van der Waals surface area (Å²) >= 11 is 0. The maximum Gasteiger partial charge on any atom is 0.319 e. The molecule has 18 nitrogen and oxygen atoms in total. The number of carbonyl (C=O) groups is 1. The molecule has 8 N–H and O–H groups in total. The Balaban J connectivity index is 1.08. The molecule has 2 fully saturated rings. The molecule has 8 rings (SSSR count). The number of aromatic nitrogens is 7. The molecular formula is C38H42N12O6S. The topological polar surface area (TPSA) is 252 Å². The summed E-state index contributed by atoms with van der Waals surface area (Å²) in [6, 6.07) is 23.9. The molecule has 2 amide bonds. The molecule has 19 heteroatoms. The van der Waals surface area contributed by atoms with Crippen LogP contribution in [0.25, 0.3) is 11.2 Å². The molecule has 3 aromatic heterocycles. The average Bonchev–Trinajstić information content (AvgIpc) is 4.03. The van der Waals surface area contributed by atoms with Crippen molar-refractivity contribution in [2.75, 3.05) is 35.2 Å². The lowest BCUT2D eigenvalue weighted by Crippen LogP contribution is -2.40. The largest absolute Gasteiger partial charge is 0.390 e. The average molecular weight is 795 g/mol. The standard InChI is InChI=1S/C38H42N12O6S/c39-57(55,56)28-13-7-12-25(16-28)43-38(54)44-26-14-15-48(20-26)37-45-35(40-19-29(23-8-3-1-4-9-23)24-10-5-2-6-11-24)32-36(46-37)49(22-41-32)30-17-31(34(53)33(30)52)50-42-18-27(21-51)47-50/h1-13,16,18,22,26,29-31,33-34,51-53H,14-15,17,19-21H2,(H2,39,55,56)(H,40,45,46)(H2,43,44,54)/t26?,30-,31+,33+,34-/m1/s1. The minimum absolute atomic E-state index is 0.0366. The predicted octanol–water partition coefficient (Wildman–Crippen LogP) is 2.11. The third kappa shape index (κ3) is 8.00. The number of aliphatic hydroxyl groups excluding tert-OH is 3. The first-order valence-corrected chi connectivity index (χ1v) is 20.0. The van der Waals surface area contributed by atoms with Gasteiger partial charge in [-0.2, -0.15) is 25.0 Å². The van der Waals surface area contributed by atoms with Gasteiger partial charge in [-0.25, -0.2) is 23.3 Å². The van der Waals surface area contributed by atoms with Gasteiger partial charge in [0.15, 0.2) is 17.0 Å². The number of amides is 2. The van der Waals surface area contributed by atoms with Crippen LogP contribution in [0.3, 0.4) is 0 Å². The van der Waals surface area contributed by atoms with Gasteiger partial charge in [0.05, 0.1) is 30.1 Å². The summed E-state index contributed by atoms with van der Waals surface area (Å²) in [7, 11) is -3.95. The first kappa shape index (κ1) is 37.9. The maximum atomic E-state index is 13.0. The van der Waals surface area contributed by atoms with Gasteiger partial charge in [0.1, 0.15) is 23.9 Å². The third-order valence-electron chi connectivity index (χ3n) is 10.5. The Hall–Kier alpha value is -5.99. The van der Waals surface area contributed by atoms with Crippen LogP contribution in [0.1, 0.15) is 47.7 Å². The van der Waals surface area contributed by atoms with E-state index < -0.39 is 40.3 Å². The number of nitrogens with zero attached hydrogens (tertiary/aromatic N) is 8. The number of anilines is 3. The highest BCUT2D eigenvalue weighted by molar-refractivity contribution is 7.89. The van der Waals surface area contributed by atoms with Gasteiger partial charge in [-0.15, -0.1) is 0 Å². The molecule has 1 aliphatic carbocycles. The minimum atomic E-state index is -3.95. The number of benzene rings is 3. The van der Waals surface area contributed by atoms with E-state index in [2.05, 4.69) is 50.4 Å². The van der Waals surface area contributed by atoms with Gasteiger partial charge >= 0.3 is 6.03 Å². The second kappa shape index (κ2) is 15.9. The predicted molar refractivity (Wildman–Crippen MR) is 210 cm³/mol. The van der Waals surface area contributed by atoms with Gasteiger partial charge in [0.25, 0.3) is 0 Å². The highest BCUT2D eigenvalue weighted by Crippen LogP contribution is 2.40. The van der Waals surface area contributed by atoms with Gasteiger partial charge in [-0.1, -0.05) is 66.7 Å². The Morgan fingerprint density at radius 1 is 0.947 bits per heavy atom. The second-order valence-electron chi connectivity index (χ2n) is 14.2. The minimum Gasteiger partial charge on any atom is -0.390 e. The summed E-state index contributed by atoms with van der Waals surface area (Å²) in [5.74, 6) is 0.810. The molecule has 0 radical (unpaired) electrons. The fourth-order valence-corrected chi connectivity index (χ4v) is 8.16. The number of hydrogen-bond acceptors (Lipinski definition) is 13. The summed E-state index contributed by atoms with van der Waals surface area (Å²) in [6.45, 7) is 1.03. The van der Waals surface area contributed by atoms with Crippen LogP contribution >= 0.6 is 0 Å². The number of nitrogens with one attached hydrogen (secondary N) is 3. The van der Waals surface area contributed by atoms with Crippen molar-refractivity contribution in [2.45, 2.75) is 60.6 Å². The van der Waals surface area contributed by atoms with Crippen molar-refractivity contribution >= 4 is 44.7 Å². The van der Waals surface area contributed by atoms with Crippen molar-refractivity contribution in [3.63, 3.8) is 0 Å². The summed E-state index contributed by atoms with van der Waals surface area (Å²) in [4.78, 5) is 30.8. The molecule has 2 aliphatic rings. The fourth-order valence-electron chi connectivity index (χ4n) is 7.60. The quantitative estimate of drug-likeness (QED) is 0.0939. The third-order valence-corrected chi connectivity index (χ3v) is 11.4. The molecule has 1 unspecified atom stereocenters. The van der Waals surface area contributed by atoms with Crippen LogP contribution in [0, 0.1) is 0 Å². The van der Waals surface area contributed by atoms with Crippen LogP contribution in [0.2, 0.25) is 0 Å². The van der Waals surface area contributed by atoms with Gasteiger partial charge in [-0.3, -0.25) is 0 Å². The van der Waals surface area contributed by atoms with Crippen molar-refractivity contribution in [1.29, 1.82) is 0 Å². The van der Waals surface area contributed by atoms with Crippen molar-refractivity contribution in [3.8, 4) is 0 Å². The number of carbonyl (C=O) groups excluding carboxylic acids is 1. The number of rotatable bonds is 12. The van der Waals surface area contributed by atoms with Gasteiger partial charge in [0, 0.05) is 37.3 Å². The van der Waals surface area contributed by atoms with E-state index in [1.54, 1.807) is 17.0 Å². The van der Waals surface area contributed by atoms with Gasteiger partial charge in [0.2, 0.25) is 16.0 Å². The Morgan fingerprint density at radius 2 is 1.67 bits per heavy atom. The number of hydrogen-bond donors (Lipinski definition) is 7. The van der Waals surface area contributed by atoms with E-state index in [0.29, 0.717) is 54.7 Å². The zero-order valence-corrected chi connectivity index (χ0v) is 31.4. The van der Waals surface area contributed by atoms with E-state index in [9.17, 15) is 28.5 Å². The Kier molecular flexibility index (Phi) is 10.6. The highest BCUT2D eigenvalue weighted by atomic mass is 32.2. The van der Waals surface area contributed by atoms with Crippen LogP contribution in [0.15, 0.2) is 102 Å². The van der Waals surface area contributed by atoms with Crippen molar-refractivity contribution in [1.82, 2.24) is 39.8 Å². The Bertz CT molecular complexity index is 2430. The number of sulfonamides is 1. The van der Waals surface area contributed by atoms with Crippen LogP contribution in [-0.4, -0.2) is 102 Å². The van der Waals surface area contributed by atoms with Gasteiger partial charge < -0.3 is 40.7 Å². The number of primary sulfonamides is 1. The first-order valence-electron chi connectivity index (χ1n) is 18.5. The number of fused-ring (bicyclic) bond motifs is 1. The number of urea groups is 1. The monoisotopic (exact) mass is 794 g/mol. The molecule has 296 valence electrons.